The normalized spacial score (nSPS) is 13.3. The SMILES string of the molecule is [2H]C([2H])([2H])C([2H])([2H])Oc1nc2cccc(C(=O)OC)c2n1Cc1ccc(-c2ccccc2-c2nnn(C(c3ccccc3)(c3ccccc3)c3ccccc3)n2)cc1. The zero-order chi connectivity index (χ0) is 40.5. The van der Waals surface area contributed by atoms with Gasteiger partial charge in [-0.05, 0) is 57.6 Å². The number of para-hydroxylation sites is 1. The van der Waals surface area contributed by atoms with E-state index in [0.29, 0.717) is 16.9 Å². The second kappa shape index (κ2) is 14.4. The van der Waals surface area contributed by atoms with Gasteiger partial charge < -0.3 is 9.47 Å². The van der Waals surface area contributed by atoms with Crippen LogP contribution in [0.5, 0.6) is 6.01 Å². The summed E-state index contributed by atoms with van der Waals surface area (Å²) in [4.78, 5) is 18.9. The van der Waals surface area contributed by atoms with Crippen molar-refractivity contribution in [2.24, 2.45) is 0 Å². The summed E-state index contributed by atoms with van der Waals surface area (Å²) in [6.45, 7) is -6.11. The number of methoxy groups -OCH3 is 1. The fourth-order valence-electron chi connectivity index (χ4n) is 6.96. The quantitative estimate of drug-likeness (QED) is 0.0987. The zero-order valence-electron chi connectivity index (χ0n) is 33.6. The first-order chi connectivity index (χ1) is 28.0. The molecule has 0 saturated carbocycles. The average Bonchev–Trinajstić information content (AvgIpc) is 3.87. The van der Waals surface area contributed by atoms with Crippen molar-refractivity contribution in [2.45, 2.75) is 18.9 Å². The molecular weight excluding hydrogens is 661 g/mol. The third-order valence-corrected chi connectivity index (χ3v) is 9.34. The maximum atomic E-state index is 12.8. The summed E-state index contributed by atoms with van der Waals surface area (Å²) in [6, 6.07) is 50.3. The van der Waals surface area contributed by atoms with E-state index in [1.807, 2.05) is 103 Å². The molecule has 0 N–H and O–H groups in total. The zero-order valence-corrected chi connectivity index (χ0v) is 28.6. The smallest absolute Gasteiger partial charge is 0.340 e. The monoisotopic (exact) mass is 701 g/mol. The Labute approximate surface area is 314 Å². The molecule has 0 aliphatic heterocycles. The van der Waals surface area contributed by atoms with E-state index in [2.05, 4.69) is 46.5 Å². The molecule has 2 aromatic heterocycles. The first kappa shape index (κ1) is 27.8. The van der Waals surface area contributed by atoms with Gasteiger partial charge in [0.15, 0.2) is 5.54 Å². The number of benzene rings is 6. The van der Waals surface area contributed by atoms with Gasteiger partial charge in [-0.3, -0.25) is 4.57 Å². The van der Waals surface area contributed by atoms with Crippen molar-refractivity contribution in [3.8, 4) is 28.5 Å². The van der Waals surface area contributed by atoms with Crippen LogP contribution in [-0.4, -0.2) is 49.4 Å². The van der Waals surface area contributed by atoms with Gasteiger partial charge in [-0.15, -0.1) is 15.0 Å². The predicted molar refractivity (Wildman–Crippen MR) is 205 cm³/mol. The van der Waals surface area contributed by atoms with E-state index in [9.17, 15) is 4.79 Å². The van der Waals surface area contributed by atoms with E-state index in [4.69, 9.17) is 26.6 Å². The van der Waals surface area contributed by atoms with Crippen LogP contribution < -0.4 is 4.74 Å². The summed E-state index contributed by atoms with van der Waals surface area (Å²) in [5.74, 6) is -0.208. The Morgan fingerprint density at radius 2 is 1.34 bits per heavy atom. The van der Waals surface area contributed by atoms with Crippen LogP contribution in [0.15, 0.2) is 158 Å². The molecule has 53 heavy (non-hydrogen) atoms. The number of nitrogens with zero attached hydrogens (tertiary/aromatic N) is 6. The van der Waals surface area contributed by atoms with E-state index < -0.39 is 24.9 Å². The Bertz CT molecular complexity index is 2610. The van der Waals surface area contributed by atoms with Gasteiger partial charge in [-0.25, -0.2) is 4.79 Å². The van der Waals surface area contributed by atoms with Gasteiger partial charge >= 0.3 is 5.97 Å². The lowest BCUT2D eigenvalue weighted by Gasteiger charge is -2.34. The Morgan fingerprint density at radius 1 is 0.736 bits per heavy atom. The number of ether oxygens (including phenoxy) is 2. The van der Waals surface area contributed by atoms with Crippen molar-refractivity contribution < 1.29 is 21.1 Å². The number of fused-ring (bicyclic) bond motifs is 1. The summed E-state index contributed by atoms with van der Waals surface area (Å²) < 4.78 is 51.3. The van der Waals surface area contributed by atoms with Gasteiger partial charge in [-0.2, -0.15) is 4.98 Å². The summed E-state index contributed by atoms with van der Waals surface area (Å²) in [6.07, 6.45) is 0. The predicted octanol–water partition coefficient (Wildman–Crippen LogP) is 8.43. The van der Waals surface area contributed by atoms with Crippen molar-refractivity contribution >= 4 is 17.0 Å². The Balaban J connectivity index is 1.18. The number of hydrogen-bond acceptors (Lipinski definition) is 7. The number of carbonyl (C=O) groups is 1. The van der Waals surface area contributed by atoms with Crippen molar-refractivity contribution in [3.05, 3.63) is 186 Å². The number of tetrazole rings is 1. The third kappa shape index (κ3) is 6.02. The van der Waals surface area contributed by atoms with Crippen molar-refractivity contribution in [3.63, 3.8) is 0 Å². The molecule has 8 aromatic rings. The van der Waals surface area contributed by atoms with Crippen LogP contribution in [0.4, 0.5) is 0 Å². The average molecular weight is 702 g/mol. The van der Waals surface area contributed by atoms with Crippen molar-refractivity contribution in [1.29, 1.82) is 0 Å². The van der Waals surface area contributed by atoms with E-state index in [1.54, 1.807) is 23.0 Å². The van der Waals surface area contributed by atoms with Crippen LogP contribution in [-0.2, 0) is 16.8 Å². The minimum atomic E-state index is -3.11. The fourth-order valence-corrected chi connectivity index (χ4v) is 6.96. The van der Waals surface area contributed by atoms with Crippen LogP contribution >= 0.6 is 0 Å². The second-order valence-electron chi connectivity index (χ2n) is 12.3. The molecule has 0 saturated heterocycles. The number of aromatic nitrogens is 6. The summed E-state index contributed by atoms with van der Waals surface area (Å²) in [5, 5.41) is 14.5. The number of imidazole rings is 1. The molecule has 8 rings (SSSR count). The largest absolute Gasteiger partial charge is 0.465 e. The van der Waals surface area contributed by atoms with E-state index in [-0.39, 0.29) is 18.1 Å². The van der Waals surface area contributed by atoms with Gasteiger partial charge in [0.1, 0.15) is 0 Å². The summed E-state index contributed by atoms with van der Waals surface area (Å²) >= 11 is 0. The van der Waals surface area contributed by atoms with E-state index in [1.165, 1.54) is 11.7 Å². The maximum Gasteiger partial charge on any atom is 0.340 e. The molecule has 9 heteroatoms. The molecule has 0 spiro atoms. The van der Waals surface area contributed by atoms with Gasteiger partial charge in [-0.1, -0.05) is 146 Å². The lowest BCUT2D eigenvalue weighted by Crippen LogP contribution is -2.39. The molecule has 0 aliphatic carbocycles. The number of hydrogen-bond donors (Lipinski definition) is 0. The molecule has 2 heterocycles. The van der Waals surface area contributed by atoms with Crippen LogP contribution in [0.1, 0.15) is 46.3 Å². The molecule has 0 amide bonds. The highest BCUT2D eigenvalue weighted by atomic mass is 16.5. The first-order valence-corrected chi connectivity index (χ1v) is 16.9. The summed E-state index contributed by atoms with van der Waals surface area (Å²) in [7, 11) is 1.26. The van der Waals surface area contributed by atoms with E-state index in [0.717, 1.165) is 38.9 Å². The fraction of sp³-hybridized carbons (Fsp3) is 0.114. The van der Waals surface area contributed by atoms with Gasteiger partial charge in [0.2, 0.25) is 5.82 Å². The maximum absolute atomic E-state index is 12.8. The minimum absolute atomic E-state index is 0.0648. The topological polar surface area (TPSA) is 97.0 Å². The molecule has 0 aliphatic rings. The Morgan fingerprint density at radius 3 is 1.94 bits per heavy atom. The highest BCUT2D eigenvalue weighted by Gasteiger charge is 2.41. The molecule has 0 radical (unpaired) electrons. The third-order valence-electron chi connectivity index (χ3n) is 9.34. The van der Waals surface area contributed by atoms with Crippen LogP contribution in [0.2, 0.25) is 0 Å². The molecule has 6 aromatic carbocycles. The van der Waals surface area contributed by atoms with Crippen LogP contribution in [0.25, 0.3) is 33.5 Å². The molecule has 0 fully saturated rings. The Hall–Kier alpha value is -6.87. The summed E-state index contributed by atoms with van der Waals surface area (Å²) in [5.41, 5.74) is 5.95. The lowest BCUT2D eigenvalue weighted by atomic mass is 9.77. The first-order valence-electron chi connectivity index (χ1n) is 19.4. The number of carbonyl (C=O) groups excluding carboxylic acids is 1. The molecular formula is C44H36N6O3. The van der Waals surface area contributed by atoms with Gasteiger partial charge in [0, 0.05) is 9.68 Å². The molecule has 0 unspecified atom stereocenters. The lowest BCUT2D eigenvalue weighted by molar-refractivity contribution is 0.0602. The highest BCUT2D eigenvalue weighted by Crippen LogP contribution is 2.40. The van der Waals surface area contributed by atoms with Crippen LogP contribution in [0.3, 0.4) is 0 Å². The highest BCUT2D eigenvalue weighted by molar-refractivity contribution is 6.02. The minimum Gasteiger partial charge on any atom is -0.465 e. The molecule has 0 bridgehead atoms. The number of rotatable bonds is 11. The van der Waals surface area contributed by atoms with Gasteiger partial charge in [0.25, 0.3) is 6.01 Å². The second-order valence-corrected chi connectivity index (χ2v) is 12.3. The molecule has 0 atom stereocenters. The standard InChI is InChI=1S/C44H36N6O3/c1-3-53-43-45-39-25-15-24-38(42(51)52-2)40(39)49(43)30-31-26-28-32(29-27-31)36-22-13-14-23-37(36)41-46-48-50(47-41)44(33-16-7-4-8-17-33,34-18-9-5-10-19-34)35-20-11-6-12-21-35/h4-29H,3,30H2,1-2H3/i1D3,3D2. The van der Waals surface area contributed by atoms with Crippen LogP contribution in [0, 0.1) is 0 Å². The number of esters is 1. The molecule has 9 nitrogen and oxygen atoms in total. The van der Waals surface area contributed by atoms with E-state index >= 15 is 0 Å². The van der Waals surface area contributed by atoms with Crippen molar-refractivity contribution in [1.82, 2.24) is 29.8 Å². The van der Waals surface area contributed by atoms with Crippen molar-refractivity contribution in [2.75, 3.05) is 13.7 Å². The molecule has 260 valence electrons. The van der Waals surface area contributed by atoms with Gasteiger partial charge in [0.05, 0.1) is 39.6 Å². The Kier molecular flexibility index (Phi) is 7.55.